The van der Waals surface area contributed by atoms with Gasteiger partial charge in [0.25, 0.3) is 0 Å². The lowest BCUT2D eigenvalue weighted by molar-refractivity contribution is -0.274. The molecule has 11 heteroatoms. The molecular weight excluding hydrogens is 444 g/mol. The smallest absolute Gasteiger partial charge is 0.410 e. The molecule has 0 atom stereocenters. The second-order valence-corrected chi connectivity index (χ2v) is 6.35. The Kier molecular flexibility index (Phi) is 7.24. The van der Waals surface area contributed by atoms with Gasteiger partial charge in [-0.15, -0.1) is 13.2 Å². The number of rotatable bonds is 6. The molecule has 0 bridgehead atoms. The van der Waals surface area contributed by atoms with Gasteiger partial charge in [0.05, 0.1) is 5.69 Å². The fraction of sp³-hybridized carbons (Fsp3) is 0.0455. The highest BCUT2D eigenvalue weighted by Crippen LogP contribution is 2.24. The molecule has 170 valence electrons. The number of carbonyl (C=O) groups excluding carboxylic acids is 1. The van der Waals surface area contributed by atoms with Gasteiger partial charge in [0.2, 0.25) is 0 Å². The van der Waals surface area contributed by atoms with E-state index in [0.29, 0.717) is 16.9 Å². The van der Waals surface area contributed by atoms with Crippen LogP contribution in [0.2, 0.25) is 0 Å². The number of nitrogens with two attached hydrogens (primary N) is 1. The minimum atomic E-state index is -4.77. The van der Waals surface area contributed by atoms with Crippen LogP contribution in [0.15, 0.2) is 82.8 Å². The predicted molar refractivity (Wildman–Crippen MR) is 114 cm³/mol. The van der Waals surface area contributed by atoms with Crippen molar-refractivity contribution in [3.05, 3.63) is 84.2 Å². The molecule has 0 unspecified atom stereocenters. The molecule has 1 amide bonds. The first kappa shape index (κ1) is 23.3. The van der Waals surface area contributed by atoms with Crippen LogP contribution in [0, 0.1) is 5.82 Å². The average Bonchev–Trinajstić information content (AvgIpc) is 2.76. The van der Waals surface area contributed by atoms with Crippen molar-refractivity contribution in [2.24, 2.45) is 15.7 Å². The molecule has 33 heavy (non-hydrogen) atoms. The maximum Gasteiger partial charge on any atom is 0.573 e. The lowest BCUT2D eigenvalue weighted by atomic mass is 10.2. The number of amides is 1. The highest BCUT2D eigenvalue weighted by molar-refractivity contribution is 6.01. The van der Waals surface area contributed by atoms with Gasteiger partial charge in [0.1, 0.15) is 29.5 Å². The van der Waals surface area contributed by atoms with Crippen LogP contribution in [0.1, 0.15) is 5.56 Å². The molecule has 0 aliphatic rings. The van der Waals surface area contributed by atoms with Crippen molar-refractivity contribution >= 4 is 29.6 Å². The quantitative estimate of drug-likeness (QED) is 0.292. The Morgan fingerprint density at radius 3 is 2.12 bits per heavy atom. The predicted octanol–water partition coefficient (Wildman–Crippen LogP) is 5.40. The molecule has 3 N–H and O–H groups in total. The normalized spacial score (nSPS) is 11.9. The van der Waals surface area contributed by atoms with Gasteiger partial charge < -0.3 is 15.2 Å². The van der Waals surface area contributed by atoms with E-state index < -0.39 is 18.3 Å². The molecule has 0 saturated carbocycles. The number of anilines is 1. The van der Waals surface area contributed by atoms with Crippen LogP contribution < -0.4 is 20.5 Å². The van der Waals surface area contributed by atoms with E-state index in [-0.39, 0.29) is 17.3 Å². The Bertz CT molecular complexity index is 1140. The summed E-state index contributed by atoms with van der Waals surface area (Å²) in [6, 6.07) is 16.2. The topological polar surface area (TPSA) is 98.3 Å². The molecule has 0 saturated heterocycles. The molecule has 0 fully saturated rings. The molecule has 0 aliphatic carbocycles. The van der Waals surface area contributed by atoms with Crippen molar-refractivity contribution < 1.29 is 31.8 Å². The highest BCUT2D eigenvalue weighted by atomic mass is 19.4. The summed E-state index contributed by atoms with van der Waals surface area (Å²) in [6.07, 6.45) is -4.37. The number of nitrogens with zero attached hydrogens (tertiary/aromatic N) is 2. The number of carbonyl (C=O) groups is 1. The molecule has 0 aliphatic heterocycles. The van der Waals surface area contributed by atoms with E-state index in [2.05, 4.69) is 20.0 Å². The third kappa shape index (κ3) is 7.65. The molecule has 7 nitrogen and oxygen atoms in total. The van der Waals surface area contributed by atoms with E-state index in [9.17, 15) is 22.4 Å². The molecule has 0 spiro atoms. The van der Waals surface area contributed by atoms with Gasteiger partial charge in [-0.1, -0.05) is 0 Å². The Labute approximate surface area is 185 Å². The lowest BCUT2D eigenvalue weighted by Crippen LogP contribution is -2.17. The van der Waals surface area contributed by atoms with Crippen molar-refractivity contribution in [1.29, 1.82) is 0 Å². The van der Waals surface area contributed by atoms with Crippen molar-refractivity contribution in [2.45, 2.75) is 6.36 Å². The first-order chi connectivity index (χ1) is 15.7. The summed E-state index contributed by atoms with van der Waals surface area (Å²) in [5, 5.41) is 2.51. The van der Waals surface area contributed by atoms with Gasteiger partial charge in [-0.3, -0.25) is 5.32 Å². The third-order valence-corrected chi connectivity index (χ3v) is 3.93. The summed E-state index contributed by atoms with van der Waals surface area (Å²) in [4.78, 5) is 19.9. The van der Waals surface area contributed by atoms with E-state index in [4.69, 9.17) is 10.5 Å². The Morgan fingerprint density at radius 1 is 0.909 bits per heavy atom. The van der Waals surface area contributed by atoms with Crippen molar-refractivity contribution in [2.75, 3.05) is 5.32 Å². The van der Waals surface area contributed by atoms with E-state index >= 15 is 0 Å². The maximum absolute atomic E-state index is 12.9. The van der Waals surface area contributed by atoms with Crippen molar-refractivity contribution in [3.63, 3.8) is 0 Å². The second-order valence-electron chi connectivity index (χ2n) is 6.35. The SMILES string of the molecule is NC(=NC=Nc1ccc(OC(F)(F)F)cc1)c1ccc(NC(=O)Oc2ccc(F)cc2)cc1. The number of amidine groups is 1. The maximum atomic E-state index is 12.9. The van der Waals surface area contributed by atoms with Crippen molar-refractivity contribution in [3.8, 4) is 11.5 Å². The first-order valence-corrected chi connectivity index (χ1v) is 9.24. The van der Waals surface area contributed by atoms with Crippen molar-refractivity contribution in [1.82, 2.24) is 0 Å². The largest absolute Gasteiger partial charge is 0.573 e. The summed E-state index contributed by atoms with van der Waals surface area (Å²) in [5.74, 6) is -0.504. The second kappa shape index (κ2) is 10.3. The third-order valence-electron chi connectivity index (χ3n) is 3.93. The van der Waals surface area contributed by atoms with E-state index in [0.717, 1.165) is 18.5 Å². The summed E-state index contributed by atoms with van der Waals surface area (Å²) in [6.45, 7) is 0. The van der Waals surface area contributed by atoms with Crippen LogP contribution in [-0.2, 0) is 0 Å². The molecule has 0 radical (unpaired) electrons. The minimum absolute atomic E-state index is 0.121. The number of aliphatic imine (C=N–C) groups is 2. The van der Waals surface area contributed by atoms with Gasteiger partial charge in [0, 0.05) is 11.3 Å². The van der Waals surface area contributed by atoms with Crippen LogP contribution >= 0.6 is 0 Å². The zero-order valence-corrected chi connectivity index (χ0v) is 16.7. The molecular formula is C22H16F4N4O3. The van der Waals surface area contributed by atoms with Gasteiger partial charge in [-0.05, 0) is 72.8 Å². The number of hydrogen-bond donors (Lipinski definition) is 2. The summed E-state index contributed by atoms with van der Waals surface area (Å²) in [5.41, 5.74) is 7.20. The van der Waals surface area contributed by atoms with Crippen LogP contribution in [0.3, 0.4) is 0 Å². The summed E-state index contributed by atoms with van der Waals surface area (Å²) < 4.78 is 58.2. The fourth-order valence-corrected chi connectivity index (χ4v) is 2.44. The number of hydrogen-bond acceptors (Lipinski definition) is 4. The molecule has 3 aromatic rings. The number of nitrogens with one attached hydrogen (secondary N) is 1. The Hall–Kier alpha value is -4.41. The van der Waals surface area contributed by atoms with E-state index in [1.807, 2.05) is 0 Å². The summed E-state index contributed by atoms with van der Waals surface area (Å²) in [7, 11) is 0. The van der Waals surface area contributed by atoms with Gasteiger partial charge >= 0.3 is 12.5 Å². The molecule has 0 heterocycles. The number of benzene rings is 3. The molecule has 3 aromatic carbocycles. The fourth-order valence-electron chi connectivity index (χ4n) is 2.44. The van der Waals surface area contributed by atoms with Crippen LogP contribution in [0.25, 0.3) is 0 Å². The Morgan fingerprint density at radius 2 is 1.52 bits per heavy atom. The molecule has 3 rings (SSSR count). The zero-order valence-electron chi connectivity index (χ0n) is 16.7. The minimum Gasteiger partial charge on any atom is -0.410 e. The van der Waals surface area contributed by atoms with Gasteiger partial charge in [-0.2, -0.15) is 0 Å². The Balaban J connectivity index is 1.55. The van der Waals surface area contributed by atoms with E-state index in [1.54, 1.807) is 24.3 Å². The molecule has 0 aromatic heterocycles. The highest BCUT2D eigenvalue weighted by Gasteiger charge is 2.30. The number of ether oxygens (including phenoxy) is 2. The number of halogens is 4. The standard InChI is InChI=1S/C22H16F4N4O3/c23-15-3-9-18(10-4-15)32-21(31)30-17-5-1-14(2-6-17)20(27)29-13-28-16-7-11-19(12-8-16)33-22(24,25)26/h1-13H,(H,30,31)(H2,27,28,29). The van der Waals surface area contributed by atoms with Gasteiger partial charge in [-0.25, -0.2) is 19.2 Å². The van der Waals surface area contributed by atoms with E-state index in [1.165, 1.54) is 36.4 Å². The zero-order chi connectivity index (χ0) is 23.8. The van der Waals surface area contributed by atoms with Crippen LogP contribution in [0.5, 0.6) is 11.5 Å². The first-order valence-electron chi connectivity index (χ1n) is 9.24. The average molecular weight is 460 g/mol. The van der Waals surface area contributed by atoms with Crippen LogP contribution in [0.4, 0.5) is 33.7 Å². The monoisotopic (exact) mass is 460 g/mol. The van der Waals surface area contributed by atoms with Crippen LogP contribution in [-0.4, -0.2) is 24.6 Å². The lowest BCUT2D eigenvalue weighted by Gasteiger charge is -2.08. The van der Waals surface area contributed by atoms with Gasteiger partial charge in [0.15, 0.2) is 0 Å². The summed E-state index contributed by atoms with van der Waals surface area (Å²) >= 11 is 0. The number of alkyl halides is 3.